The Morgan fingerprint density at radius 1 is 1.38 bits per heavy atom. The third-order valence-corrected chi connectivity index (χ3v) is 0.556. The van der Waals surface area contributed by atoms with Crippen LogP contribution in [0.3, 0.4) is 0 Å². The molecule has 0 spiro atoms. The van der Waals surface area contributed by atoms with Crippen molar-refractivity contribution in [2.24, 2.45) is 0 Å². The van der Waals surface area contributed by atoms with Gasteiger partial charge in [-0.3, -0.25) is 0 Å². The van der Waals surface area contributed by atoms with E-state index in [4.69, 9.17) is 4.65 Å². The molecule has 1 aliphatic carbocycles. The van der Waals surface area contributed by atoms with Crippen LogP contribution in [-0.4, -0.2) is 0 Å². The van der Waals surface area contributed by atoms with Gasteiger partial charge in [-0.05, 0) is 0 Å². The van der Waals surface area contributed by atoms with Crippen LogP contribution < -0.4 is 0 Å². The van der Waals surface area contributed by atoms with Gasteiger partial charge in [-0.25, -0.2) is 18.6 Å². The van der Waals surface area contributed by atoms with Gasteiger partial charge in [0.15, 0.2) is 0 Å². The Kier molecular flexibility index (Phi) is 13.4. The van der Waals surface area contributed by atoms with Crippen molar-refractivity contribution in [2.45, 2.75) is 0 Å². The van der Waals surface area contributed by atoms with E-state index in [-0.39, 0.29) is 17.1 Å². The van der Waals surface area contributed by atoms with Crippen LogP contribution in [-0.2, 0) is 21.7 Å². The first kappa shape index (κ1) is 10.8. The molecule has 0 fully saturated rings. The van der Waals surface area contributed by atoms with E-state index in [2.05, 4.69) is 6.65 Å². The second-order valence-electron chi connectivity index (χ2n) is 0.962. The largest absolute Gasteiger partial charge is 2.00 e. The van der Waals surface area contributed by atoms with Gasteiger partial charge in [0, 0.05) is 0 Å². The Hall–Kier alpha value is -0.131. The zero-order chi connectivity index (χ0) is 5.54. The summed E-state index contributed by atoms with van der Waals surface area (Å²) in [5.41, 5.74) is 0. The van der Waals surface area contributed by atoms with E-state index < -0.39 is 0 Å². The molecular formula is C6H5MnO+. The van der Waals surface area contributed by atoms with Crippen molar-refractivity contribution in [3.63, 3.8) is 0 Å². The first-order valence-corrected chi connectivity index (χ1v) is 1.87. The zero-order valence-corrected chi connectivity index (χ0v) is 5.35. The Morgan fingerprint density at radius 2 is 2.00 bits per heavy atom. The minimum absolute atomic E-state index is 0. The first-order chi connectivity index (χ1) is 3.50. The van der Waals surface area contributed by atoms with Crippen LogP contribution in [0.2, 0.25) is 0 Å². The maximum atomic E-state index is 7.50. The fraction of sp³-hybridized carbons (Fsp3) is 0. The number of hydrogen-bond donors (Lipinski definition) is 0. The molecule has 0 aromatic heterocycles. The molecule has 1 rings (SSSR count). The quantitative estimate of drug-likeness (QED) is 0.279. The van der Waals surface area contributed by atoms with Gasteiger partial charge in [0.25, 0.3) is 0 Å². The van der Waals surface area contributed by atoms with Gasteiger partial charge < -0.3 is 0 Å². The van der Waals surface area contributed by atoms with Crippen molar-refractivity contribution in [2.75, 3.05) is 0 Å². The van der Waals surface area contributed by atoms with Gasteiger partial charge in [-0.2, -0.15) is 0 Å². The summed E-state index contributed by atoms with van der Waals surface area (Å²) in [7, 11) is 0. The summed E-state index contributed by atoms with van der Waals surface area (Å²) in [5.74, 6) is 0. The van der Waals surface area contributed by atoms with Gasteiger partial charge >= 0.3 is 28.4 Å². The fourth-order valence-corrected chi connectivity index (χ4v) is 0.321. The third kappa shape index (κ3) is 5.87. The van der Waals surface area contributed by atoms with E-state index in [0.717, 1.165) is 0 Å². The molecule has 1 nitrogen and oxygen atoms in total. The summed E-state index contributed by atoms with van der Waals surface area (Å²) < 4.78 is 7.50. The molecule has 3 radical (unpaired) electrons. The van der Waals surface area contributed by atoms with Gasteiger partial charge in [-0.1, -0.05) is 0 Å². The van der Waals surface area contributed by atoms with Crippen LogP contribution in [0.5, 0.6) is 0 Å². The minimum Gasteiger partial charge on any atom is -0.231 e. The molecule has 0 aromatic rings. The van der Waals surface area contributed by atoms with E-state index >= 15 is 0 Å². The monoisotopic (exact) mass is 148 g/mol. The van der Waals surface area contributed by atoms with Crippen molar-refractivity contribution in [1.29, 1.82) is 0 Å². The van der Waals surface area contributed by atoms with E-state index in [1.165, 1.54) is 0 Å². The second-order valence-corrected chi connectivity index (χ2v) is 0.962. The average molecular weight is 148 g/mol. The van der Waals surface area contributed by atoms with Crippen molar-refractivity contribution in [3.8, 4) is 0 Å². The maximum Gasteiger partial charge on any atom is 2.00 e. The van der Waals surface area contributed by atoms with E-state index in [1.807, 2.05) is 31.4 Å². The molecule has 0 unspecified atom stereocenters. The Morgan fingerprint density at radius 3 is 2.12 bits per heavy atom. The summed E-state index contributed by atoms with van der Waals surface area (Å²) in [5, 5.41) is 0. The van der Waals surface area contributed by atoms with Crippen LogP contribution in [0.1, 0.15) is 0 Å². The van der Waals surface area contributed by atoms with E-state index in [1.54, 1.807) is 0 Å². The third-order valence-electron chi connectivity index (χ3n) is 0.556. The molecule has 0 amide bonds. The normalized spacial score (nSPS) is 12.2. The Labute approximate surface area is 60.4 Å². The molecule has 41 valence electrons. The number of allylic oxidation sites excluding steroid dienone is 2. The predicted molar refractivity (Wildman–Crippen MR) is 26.0 cm³/mol. The summed E-state index contributed by atoms with van der Waals surface area (Å²) in [4.78, 5) is 0. The molecule has 0 saturated heterocycles. The van der Waals surface area contributed by atoms with Gasteiger partial charge in [0.2, 0.25) is 0 Å². The summed E-state index contributed by atoms with van der Waals surface area (Å²) in [6.07, 6.45) is 10.0. The van der Waals surface area contributed by atoms with Gasteiger partial charge in [-0.15, -0.1) is 12.8 Å². The van der Waals surface area contributed by atoms with Crippen LogP contribution in [0.4, 0.5) is 0 Å². The van der Waals surface area contributed by atoms with E-state index in [9.17, 15) is 0 Å². The van der Waals surface area contributed by atoms with Crippen molar-refractivity contribution >= 4 is 0 Å². The standard InChI is InChI=1S/C5H5.CO.Mn/c1-2-4-5-3-1;1-2;/h1-5H;;/q-1;;+2. The molecule has 0 heterocycles. The molecule has 0 aliphatic heterocycles. The van der Waals surface area contributed by atoms with Crippen LogP contribution in [0.15, 0.2) is 12.2 Å². The minimum atomic E-state index is 0. The van der Waals surface area contributed by atoms with Crippen molar-refractivity contribution < 1.29 is 21.7 Å². The topological polar surface area (TPSA) is 19.9 Å². The van der Waals surface area contributed by atoms with Crippen LogP contribution in [0, 0.1) is 25.9 Å². The molecule has 8 heavy (non-hydrogen) atoms. The molecular weight excluding hydrogens is 143 g/mol. The fourth-order valence-electron chi connectivity index (χ4n) is 0.321. The van der Waals surface area contributed by atoms with E-state index in [0.29, 0.717) is 0 Å². The Bertz CT molecular complexity index is 69.8. The van der Waals surface area contributed by atoms with Crippen molar-refractivity contribution in [1.82, 2.24) is 0 Å². The molecule has 0 N–H and O–H groups in total. The molecule has 0 aromatic carbocycles. The van der Waals surface area contributed by atoms with Gasteiger partial charge in [0.1, 0.15) is 0 Å². The molecule has 0 atom stereocenters. The summed E-state index contributed by atoms with van der Waals surface area (Å²) >= 11 is 0. The molecule has 2 heteroatoms. The first-order valence-electron chi connectivity index (χ1n) is 1.87. The smallest absolute Gasteiger partial charge is 0.231 e. The average Bonchev–Trinajstić information content (AvgIpc) is 2.23. The molecule has 0 bridgehead atoms. The maximum absolute atomic E-state index is 7.50. The SMILES string of the molecule is [C-]#[O+].[CH]1[CH][CH-]C=C1.[Mn+2]. The van der Waals surface area contributed by atoms with Crippen LogP contribution in [0.25, 0.3) is 0 Å². The number of rotatable bonds is 0. The molecule has 1 aliphatic rings. The summed E-state index contributed by atoms with van der Waals surface area (Å²) in [6.45, 7) is 4.50. The second kappa shape index (κ2) is 9.98. The van der Waals surface area contributed by atoms with Crippen LogP contribution >= 0.6 is 0 Å². The van der Waals surface area contributed by atoms with Crippen molar-refractivity contribution in [3.05, 3.63) is 38.1 Å². The van der Waals surface area contributed by atoms with Gasteiger partial charge in [0.05, 0.1) is 0 Å². The predicted octanol–water partition coefficient (Wildman–Crippen LogP) is 1.13. The number of hydrogen-bond acceptors (Lipinski definition) is 0. The zero-order valence-electron chi connectivity index (χ0n) is 4.17. The summed E-state index contributed by atoms with van der Waals surface area (Å²) in [6, 6.07) is 0. The Balaban J connectivity index is 0. The molecule has 0 saturated carbocycles.